The molecule has 0 fully saturated rings. The van der Waals surface area contributed by atoms with Crippen molar-refractivity contribution in [2.75, 3.05) is 0 Å². The van der Waals surface area contributed by atoms with E-state index in [0.717, 1.165) is 22.3 Å². The highest BCUT2D eigenvalue weighted by molar-refractivity contribution is 5.40. The SMILES string of the molecule is Cc1ccc(C(O)c2cccc(C)c2C)c(F)c1. The van der Waals surface area contributed by atoms with Gasteiger partial charge in [-0.05, 0) is 49.1 Å². The van der Waals surface area contributed by atoms with Gasteiger partial charge in [-0.25, -0.2) is 4.39 Å². The molecule has 0 bridgehead atoms. The molecular formula is C16H17FO. The lowest BCUT2D eigenvalue weighted by atomic mass is 9.94. The number of rotatable bonds is 2. The fraction of sp³-hybridized carbons (Fsp3) is 0.250. The third-order valence-corrected chi connectivity index (χ3v) is 3.39. The van der Waals surface area contributed by atoms with Gasteiger partial charge in [0.15, 0.2) is 0 Å². The summed E-state index contributed by atoms with van der Waals surface area (Å²) in [6, 6.07) is 10.6. The number of hydrogen-bond acceptors (Lipinski definition) is 1. The molecular weight excluding hydrogens is 227 g/mol. The summed E-state index contributed by atoms with van der Waals surface area (Å²) in [7, 11) is 0. The summed E-state index contributed by atoms with van der Waals surface area (Å²) >= 11 is 0. The van der Waals surface area contributed by atoms with Gasteiger partial charge in [0, 0.05) is 5.56 Å². The Kier molecular flexibility index (Phi) is 3.48. The lowest BCUT2D eigenvalue weighted by Crippen LogP contribution is -2.05. The van der Waals surface area contributed by atoms with Gasteiger partial charge < -0.3 is 5.11 Å². The second kappa shape index (κ2) is 4.91. The van der Waals surface area contributed by atoms with Gasteiger partial charge in [0.1, 0.15) is 11.9 Å². The van der Waals surface area contributed by atoms with E-state index < -0.39 is 6.10 Å². The molecule has 0 aromatic heterocycles. The Morgan fingerprint density at radius 2 is 1.72 bits per heavy atom. The lowest BCUT2D eigenvalue weighted by Gasteiger charge is -2.16. The Bertz CT molecular complexity index is 575. The Balaban J connectivity index is 2.48. The number of hydrogen-bond donors (Lipinski definition) is 1. The number of aliphatic hydroxyl groups excluding tert-OH is 1. The molecule has 1 nitrogen and oxygen atoms in total. The second-order valence-electron chi connectivity index (χ2n) is 4.72. The Labute approximate surface area is 107 Å². The molecule has 94 valence electrons. The maximum Gasteiger partial charge on any atom is 0.129 e. The van der Waals surface area contributed by atoms with E-state index in [4.69, 9.17) is 0 Å². The summed E-state index contributed by atoms with van der Waals surface area (Å²) in [5, 5.41) is 10.3. The van der Waals surface area contributed by atoms with Crippen molar-refractivity contribution in [3.05, 3.63) is 70.0 Å². The van der Waals surface area contributed by atoms with E-state index in [2.05, 4.69) is 0 Å². The maximum absolute atomic E-state index is 13.9. The average Bonchev–Trinajstić information content (AvgIpc) is 2.32. The summed E-state index contributed by atoms with van der Waals surface area (Å²) in [5.41, 5.74) is 4.04. The summed E-state index contributed by atoms with van der Waals surface area (Å²) in [6.45, 7) is 5.76. The Hall–Kier alpha value is -1.67. The topological polar surface area (TPSA) is 20.2 Å². The fourth-order valence-electron chi connectivity index (χ4n) is 2.09. The molecule has 0 amide bonds. The molecule has 1 unspecified atom stereocenters. The van der Waals surface area contributed by atoms with Crippen LogP contribution in [0.25, 0.3) is 0 Å². The molecule has 1 atom stereocenters. The quantitative estimate of drug-likeness (QED) is 0.851. The van der Waals surface area contributed by atoms with Gasteiger partial charge in [0.25, 0.3) is 0 Å². The first-order valence-electron chi connectivity index (χ1n) is 6.01. The lowest BCUT2D eigenvalue weighted by molar-refractivity contribution is 0.214. The minimum Gasteiger partial charge on any atom is -0.384 e. The van der Waals surface area contributed by atoms with Gasteiger partial charge >= 0.3 is 0 Å². The van der Waals surface area contributed by atoms with Crippen molar-refractivity contribution in [3.8, 4) is 0 Å². The van der Waals surface area contributed by atoms with E-state index in [1.54, 1.807) is 6.07 Å². The first-order chi connectivity index (χ1) is 8.50. The first kappa shape index (κ1) is 12.8. The zero-order chi connectivity index (χ0) is 13.3. The molecule has 0 heterocycles. The molecule has 0 spiro atoms. The van der Waals surface area contributed by atoms with Crippen LogP contribution in [-0.4, -0.2) is 5.11 Å². The van der Waals surface area contributed by atoms with Crippen LogP contribution in [-0.2, 0) is 0 Å². The van der Waals surface area contributed by atoms with Crippen LogP contribution in [0.4, 0.5) is 4.39 Å². The van der Waals surface area contributed by atoms with Crippen molar-refractivity contribution < 1.29 is 9.50 Å². The van der Waals surface area contributed by atoms with Crippen molar-refractivity contribution in [1.82, 2.24) is 0 Å². The first-order valence-corrected chi connectivity index (χ1v) is 6.01. The fourth-order valence-corrected chi connectivity index (χ4v) is 2.09. The smallest absolute Gasteiger partial charge is 0.129 e. The molecule has 2 aromatic carbocycles. The molecule has 0 radical (unpaired) electrons. The van der Waals surface area contributed by atoms with Crippen molar-refractivity contribution in [3.63, 3.8) is 0 Å². The molecule has 0 saturated heterocycles. The molecule has 2 heteroatoms. The third kappa shape index (κ3) is 2.29. The van der Waals surface area contributed by atoms with E-state index in [0.29, 0.717) is 5.56 Å². The standard InChI is InChI=1S/C16H17FO/c1-10-7-8-14(15(17)9-10)16(18)13-6-4-5-11(2)12(13)3/h4-9,16,18H,1-3H3. The van der Waals surface area contributed by atoms with E-state index in [9.17, 15) is 9.50 Å². The summed E-state index contributed by atoms with van der Waals surface area (Å²) in [6.07, 6.45) is -0.912. The van der Waals surface area contributed by atoms with Crippen LogP contribution in [0.15, 0.2) is 36.4 Å². The van der Waals surface area contributed by atoms with Gasteiger partial charge in [-0.1, -0.05) is 30.3 Å². The molecule has 2 aromatic rings. The summed E-state index contributed by atoms with van der Waals surface area (Å²) in [5.74, 6) is -0.358. The molecule has 0 aliphatic carbocycles. The van der Waals surface area contributed by atoms with E-state index in [1.807, 2.05) is 45.0 Å². The highest BCUT2D eigenvalue weighted by Crippen LogP contribution is 2.28. The number of halogens is 1. The minimum atomic E-state index is -0.912. The Morgan fingerprint density at radius 3 is 2.39 bits per heavy atom. The number of aliphatic hydroxyl groups is 1. The van der Waals surface area contributed by atoms with Crippen molar-refractivity contribution in [1.29, 1.82) is 0 Å². The summed E-state index contributed by atoms with van der Waals surface area (Å²) in [4.78, 5) is 0. The largest absolute Gasteiger partial charge is 0.384 e. The molecule has 1 N–H and O–H groups in total. The number of benzene rings is 2. The van der Waals surface area contributed by atoms with Gasteiger partial charge in [0.05, 0.1) is 0 Å². The van der Waals surface area contributed by atoms with E-state index in [-0.39, 0.29) is 5.82 Å². The van der Waals surface area contributed by atoms with Crippen LogP contribution in [0.3, 0.4) is 0 Å². The highest BCUT2D eigenvalue weighted by Gasteiger charge is 2.17. The van der Waals surface area contributed by atoms with E-state index in [1.165, 1.54) is 6.07 Å². The van der Waals surface area contributed by atoms with Crippen molar-refractivity contribution in [2.24, 2.45) is 0 Å². The van der Waals surface area contributed by atoms with Crippen LogP contribution < -0.4 is 0 Å². The highest BCUT2D eigenvalue weighted by atomic mass is 19.1. The van der Waals surface area contributed by atoms with Gasteiger partial charge in [-0.3, -0.25) is 0 Å². The van der Waals surface area contributed by atoms with Gasteiger partial charge in [-0.15, -0.1) is 0 Å². The van der Waals surface area contributed by atoms with Crippen LogP contribution in [0.1, 0.15) is 33.9 Å². The molecule has 0 saturated carbocycles. The third-order valence-electron chi connectivity index (χ3n) is 3.39. The average molecular weight is 244 g/mol. The van der Waals surface area contributed by atoms with Crippen LogP contribution in [0.2, 0.25) is 0 Å². The zero-order valence-corrected chi connectivity index (χ0v) is 10.9. The second-order valence-corrected chi connectivity index (χ2v) is 4.72. The maximum atomic E-state index is 13.9. The monoisotopic (exact) mass is 244 g/mol. The van der Waals surface area contributed by atoms with Crippen LogP contribution >= 0.6 is 0 Å². The van der Waals surface area contributed by atoms with E-state index >= 15 is 0 Å². The normalized spacial score (nSPS) is 12.5. The van der Waals surface area contributed by atoms with Crippen LogP contribution in [0, 0.1) is 26.6 Å². The predicted octanol–water partition coefficient (Wildman–Crippen LogP) is 3.83. The zero-order valence-electron chi connectivity index (χ0n) is 10.9. The molecule has 2 rings (SSSR count). The van der Waals surface area contributed by atoms with Crippen molar-refractivity contribution in [2.45, 2.75) is 26.9 Å². The molecule has 18 heavy (non-hydrogen) atoms. The van der Waals surface area contributed by atoms with Crippen molar-refractivity contribution >= 4 is 0 Å². The molecule has 0 aliphatic heterocycles. The van der Waals surface area contributed by atoms with Crippen LogP contribution in [0.5, 0.6) is 0 Å². The summed E-state index contributed by atoms with van der Waals surface area (Å²) < 4.78 is 13.9. The van der Waals surface area contributed by atoms with Gasteiger partial charge in [0.2, 0.25) is 0 Å². The number of aryl methyl sites for hydroxylation is 2. The molecule has 0 aliphatic rings. The predicted molar refractivity (Wildman–Crippen MR) is 71.1 cm³/mol. The Morgan fingerprint density at radius 1 is 1.00 bits per heavy atom. The minimum absolute atomic E-state index is 0.328. The van der Waals surface area contributed by atoms with Gasteiger partial charge in [-0.2, -0.15) is 0 Å².